The van der Waals surface area contributed by atoms with Crippen molar-refractivity contribution in [3.63, 3.8) is 0 Å². The van der Waals surface area contributed by atoms with Crippen LogP contribution in [-0.4, -0.2) is 5.91 Å². The minimum Gasteiger partial charge on any atom is -0.326 e. The molecule has 1 aromatic carbocycles. The van der Waals surface area contributed by atoms with Gasteiger partial charge in [0.2, 0.25) is 5.91 Å². The largest absolute Gasteiger partial charge is 0.326 e. The van der Waals surface area contributed by atoms with Crippen molar-refractivity contribution in [3.05, 3.63) is 29.8 Å². The first-order chi connectivity index (χ1) is 7.13. The van der Waals surface area contributed by atoms with Crippen molar-refractivity contribution >= 4 is 24.0 Å². The van der Waals surface area contributed by atoms with Crippen molar-refractivity contribution in [1.29, 1.82) is 5.26 Å². The molecule has 3 N–H and O–H groups in total. The van der Waals surface area contributed by atoms with E-state index in [4.69, 9.17) is 11.0 Å². The summed E-state index contributed by atoms with van der Waals surface area (Å²) in [7, 11) is 0. The SMILES string of the molecule is CC(=O)Nc1ccc([C@@H](N)CC#N)cc1.Cl. The van der Waals surface area contributed by atoms with Crippen LogP contribution in [0, 0.1) is 11.3 Å². The standard InChI is InChI=1S/C11H13N3O.ClH/c1-8(15)14-10-4-2-9(3-5-10)11(13)6-7-12;/h2-5,11H,6,13H2,1H3,(H,14,15);1H/t11-;/m0./s1. The molecule has 0 aliphatic heterocycles. The Balaban J connectivity index is 0.00000225. The van der Waals surface area contributed by atoms with Gasteiger partial charge in [0.1, 0.15) is 0 Å². The summed E-state index contributed by atoms with van der Waals surface area (Å²) in [4.78, 5) is 10.8. The zero-order valence-electron chi connectivity index (χ0n) is 8.93. The quantitative estimate of drug-likeness (QED) is 0.847. The first-order valence-electron chi connectivity index (χ1n) is 4.63. The number of hydrogen-bond donors (Lipinski definition) is 2. The number of nitrogens with zero attached hydrogens (tertiary/aromatic N) is 1. The number of nitrogens with two attached hydrogens (primary N) is 1. The zero-order chi connectivity index (χ0) is 11.3. The first-order valence-corrected chi connectivity index (χ1v) is 4.63. The number of benzene rings is 1. The van der Waals surface area contributed by atoms with Crippen molar-refractivity contribution in [1.82, 2.24) is 0 Å². The van der Waals surface area contributed by atoms with Gasteiger partial charge < -0.3 is 11.1 Å². The number of halogens is 1. The van der Waals surface area contributed by atoms with Crippen molar-refractivity contribution < 1.29 is 4.79 Å². The Hall–Kier alpha value is -1.57. The normalized spacial score (nSPS) is 10.8. The predicted octanol–water partition coefficient (Wildman–Crippen LogP) is 1.98. The number of carbonyl (C=O) groups excluding carboxylic acids is 1. The van der Waals surface area contributed by atoms with E-state index >= 15 is 0 Å². The molecule has 1 rings (SSSR count). The molecule has 0 aliphatic carbocycles. The summed E-state index contributed by atoms with van der Waals surface area (Å²) < 4.78 is 0. The molecule has 86 valence electrons. The third-order valence-corrected chi connectivity index (χ3v) is 1.97. The van der Waals surface area contributed by atoms with Gasteiger partial charge in [0, 0.05) is 18.7 Å². The van der Waals surface area contributed by atoms with Gasteiger partial charge in [-0.2, -0.15) is 5.26 Å². The van der Waals surface area contributed by atoms with Crippen LogP contribution in [0.15, 0.2) is 24.3 Å². The van der Waals surface area contributed by atoms with Crippen molar-refractivity contribution in [3.8, 4) is 6.07 Å². The van der Waals surface area contributed by atoms with E-state index in [0.29, 0.717) is 6.42 Å². The molecule has 0 unspecified atom stereocenters. The van der Waals surface area contributed by atoms with E-state index in [9.17, 15) is 4.79 Å². The van der Waals surface area contributed by atoms with Gasteiger partial charge in [-0.1, -0.05) is 12.1 Å². The molecule has 0 saturated heterocycles. The van der Waals surface area contributed by atoms with Crippen LogP contribution < -0.4 is 11.1 Å². The second kappa shape index (κ2) is 6.83. The summed E-state index contributed by atoms with van der Waals surface area (Å²) in [6.45, 7) is 1.45. The maximum atomic E-state index is 10.8. The van der Waals surface area contributed by atoms with Crippen LogP contribution >= 0.6 is 12.4 Å². The lowest BCUT2D eigenvalue weighted by atomic mass is 10.1. The summed E-state index contributed by atoms with van der Waals surface area (Å²) in [5.74, 6) is -0.107. The lowest BCUT2D eigenvalue weighted by Crippen LogP contribution is -2.10. The summed E-state index contributed by atoms with van der Waals surface area (Å²) in [6.07, 6.45) is 0.291. The Labute approximate surface area is 101 Å². The van der Waals surface area contributed by atoms with Crippen LogP contribution in [0.2, 0.25) is 0 Å². The molecule has 0 radical (unpaired) electrons. The van der Waals surface area contributed by atoms with Crippen LogP contribution in [0.4, 0.5) is 5.69 Å². The third-order valence-electron chi connectivity index (χ3n) is 1.97. The van der Waals surface area contributed by atoms with Crippen LogP contribution in [0.5, 0.6) is 0 Å². The van der Waals surface area contributed by atoms with Crippen molar-refractivity contribution in [2.24, 2.45) is 5.73 Å². The van der Waals surface area contributed by atoms with Gasteiger partial charge in [0.25, 0.3) is 0 Å². The average molecular weight is 240 g/mol. The Morgan fingerprint density at radius 3 is 2.50 bits per heavy atom. The molecule has 0 heterocycles. The van der Waals surface area contributed by atoms with E-state index in [0.717, 1.165) is 11.3 Å². The molecule has 0 aliphatic rings. The Bertz CT molecular complexity index is 383. The van der Waals surface area contributed by atoms with Gasteiger partial charge in [0.15, 0.2) is 0 Å². The molecule has 0 spiro atoms. The Morgan fingerprint density at radius 2 is 2.06 bits per heavy atom. The molecule has 1 aromatic rings. The second-order valence-electron chi connectivity index (χ2n) is 3.27. The maximum absolute atomic E-state index is 10.8. The monoisotopic (exact) mass is 239 g/mol. The Kier molecular flexibility index (Phi) is 6.16. The average Bonchev–Trinajstić information content (AvgIpc) is 2.18. The third kappa shape index (κ3) is 4.30. The molecule has 0 bridgehead atoms. The number of amides is 1. The Morgan fingerprint density at radius 1 is 1.50 bits per heavy atom. The van der Waals surface area contributed by atoms with E-state index in [1.165, 1.54) is 6.92 Å². The number of hydrogen-bond acceptors (Lipinski definition) is 3. The second-order valence-corrected chi connectivity index (χ2v) is 3.27. The highest BCUT2D eigenvalue weighted by Gasteiger charge is 2.04. The highest BCUT2D eigenvalue weighted by atomic mass is 35.5. The topological polar surface area (TPSA) is 78.9 Å². The van der Waals surface area contributed by atoms with Crippen LogP contribution in [0.1, 0.15) is 24.9 Å². The van der Waals surface area contributed by atoms with Gasteiger partial charge in [-0.25, -0.2) is 0 Å². The zero-order valence-corrected chi connectivity index (χ0v) is 9.75. The lowest BCUT2D eigenvalue weighted by Gasteiger charge is -2.08. The van der Waals surface area contributed by atoms with E-state index in [1.54, 1.807) is 12.1 Å². The van der Waals surface area contributed by atoms with Crippen molar-refractivity contribution in [2.75, 3.05) is 5.32 Å². The van der Waals surface area contributed by atoms with Crippen LogP contribution in [-0.2, 0) is 4.79 Å². The molecule has 1 atom stereocenters. The lowest BCUT2D eigenvalue weighted by molar-refractivity contribution is -0.114. The van der Waals surface area contributed by atoms with Crippen LogP contribution in [0.3, 0.4) is 0 Å². The molecular formula is C11H14ClN3O. The van der Waals surface area contributed by atoms with E-state index in [1.807, 2.05) is 18.2 Å². The smallest absolute Gasteiger partial charge is 0.221 e. The van der Waals surface area contributed by atoms with Gasteiger partial charge in [0.05, 0.1) is 12.5 Å². The van der Waals surface area contributed by atoms with E-state index in [2.05, 4.69) is 5.32 Å². The summed E-state index contributed by atoms with van der Waals surface area (Å²) in [5, 5.41) is 11.1. The van der Waals surface area contributed by atoms with E-state index < -0.39 is 0 Å². The number of carbonyl (C=O) groups is 1. The maximum Gasteiger partial charge on any atom is 0.221 e. The molecule has 1 amide bonds. The van der Waals surface area contributed by atoms with Gasteiger partial charge in [-0.3, -0.25) is 4.79 Å². The molecule has 5 heteroatoms. The molecule has 0 fully saturated rings. The summed E-state index contributed by atoms with van der Waals surface area (Å²) >= 11 is 0. The fraction of sp³-hybridized carbons (Fsp3) is 0.273. The molecule has 4 nitrogen and oxygen atoms in total. The first kappa shape index (κ1) is 14.4. The minimum absolute atomic E-state index is 0. The summed E-state index contributed by atoms with van der Waals surface area (Å²) in [5.41, 5.74) is 7.37. The van der Waals surface area contributed by atoms with Gasteiger partial charge in [-0.15, -0.1) is 12.4 Å². The molecule has 16 heavy (non-hydrogen) atoms. The number of rotatable bonds is 3. The molecular weight excluding hydrogens is 226 g/mol. The molecule has 0 aromatic heterocycles. The number of nitriles is 1. The fourth-order valence-corrected chi connectivity index (χ4v) is 1.23. The minimum atomic E-state index is -0.263. The van der Waals surface area contributed by atoms with Crippen LogP contribution in [0.25, 0.3) is 0 Å². The highest BCUT2D eigenvalue weighted by Crippen LogP contribution is 2.16. The number of anilines is 1. The summed E-state index contributed by atoms with van der Waals surface area (Å²) in [6, 6.07) is 8.92. The molecule has 0 saturated carbocycles. The van der Waals surface area contributed by atoms with Gasteiger partial charge in [-0.05, 0) is 17.7 Å². The predicted molar refractivity (Wildman–Crippen MR) is 65.2 cm³/mol. The fourth-order valence-electron chi connectivity index (χ4n) is 1.23. The number of nitrogens with one attached hydrogen (secondary N) is 1. The van der Waals surface area contributed by atoms with E-state index in [-0.39, 0.29) is 24.4 Å². The highest BCUT2D eigenvalue weighted by molar-refractivity contribution is 5.88. The van der Waals surface area contributed by atoms with Gasteiger partial charge >= 0.3 is 0 Å². The van der Waals surface area contributed by atoms with Crippen molar-refractivity contribution in [2.45, 2.75) is 19.4 Å².